The third-order valence-electron chi connectivity index (χ3n) is 3.56. The average Bonchev–Trinajstić information content (AvgIpc) is 3.28. The summed E-state index contributed by atoms with van der Waals surface area (Å²) in [6, 6.07) is 9.50. The lowest BCUT2D eigenvalue weighted by Gasteiger charge is -2.15. The monoisotopic (exact) mass is 390 g/mol. The number of carbonyl (C=O) groups is 1. The molecule has 0 saturated heterocycles. The molecule has 0 unspecified atom stereocenters. The molecule has 136 valence electrons. The molecule has 2 N–H and O–H groups in total. The highest BCUT2D eigenvalue weighted by molar-refractivity contribution is 7.94. The van der Waals surface area contributed by atoms with Crippen molar-refractivity contribution in [3.63, 3.8) is 0 Å². The van der Waals surface area contributed by atoms with E-state index in [-0.39, 0.29) is 16.2 Å². The van der Waals surface area contributed by atoms with Crippen molar-refractivity contribution in [3.8, 4) is 0 Å². The zero-order chi connectivity index (χ0) is 18.6. The van der Waals surface area contributed by atoms with Crippen molar-refractivity contribution in [3.05, 3.63) is 66.1 Å². The second-order valence-electron chi connectivity index (χ2n) is 5.75. The Kier molecular flexibility index (Phi) is 5.38. The van der Waals surface area contributed by atoms with Crippen molar-refractivity contribution in [1.82, 2.24) is 14.9 Å². The Labute approximate surface area is 155 Å². The summed E-state index contributed by atoms with van der Waals surface area (Å²) in [5, 5.41) is 4.58. The van der Waals surface area contributed by atoms with E-state index in [2.05, 4.69) is 15.0 Å². The summed E-state index contributed by atoms with van der Waals surface area (Å²) in [7, 11) is -3.64. The van der Waals surface area contributed by atoms with Crippen molar-refractivity contribution in [1.29, 1.82) is 0 Å². The van der Waals surface area contributed by atoms with E-state index in [1.807, 2.05) is 17.7 Å². The number of benzene rings is 1. The number of nitrogens with one attached hydrogen (secondary N) is 2. The van der Waals surface area contributed by atoms with Gasteiger partial charge in [-0.3, -0.25) is 9.52 Å². The van der Waals surface area contributed by atoms with Crippen molar-refractivity contribution < 1.29 is 13.2 Å². The number of anilines is 1. The van der Waals surface area contributed by atoms with Gasteiger partial charge in [0.2, 0.25) is 0 Å². The van der Waals surface area contributed by atoms with Crippen LogP contribution in [0.4, 0.5) is 5.69 Å². The highest BCUT2D eigenvalue weighted by Gasteiger charge is 2.16. The number of imidazole rings is 1. The van der Waals surface area contributed by atoms with Gasteiger partial charge in [0, 0.05) is 36.2 Å². The van der Waals surface area contributed by atoms with Crippen LogP contribution in [-0.2, 0) is 16.6 Å². The predicted molar refractivity (Wildman–Crippen MR) is 101 cm³/mol. The van der Waals surface area contributed by atoms with Crippen LogP contribution in [0.5, 0.6) is 0 Å². The minimum Gasteiger partial charge on any atom is -0.348 e. The van der Waals surface area contributed by atoms with Gasteiger partial charge in [-0.15, -0.1) is 11.3 Å². The maximum absolute atomic E-state index is 12.4. The number of nitrogens with zero attached hydrogens (tertiary/aromatic N) is 2. The van der Waals surface area contributed by atoms with E-state index in [4.69, 9.17) is 0 Å². The fourth-order valence-electron chi connectivity index (χ4n) is 2.41. The van der Waals surface area contributed by atoms with Gasteiger partial charge >= 0.3 is 0 Å². The van der Waals surface area contributed by atoms with Crippen LogP contribution >= 0.6 is 11.3 Å². The van der Waals surface area contributed by atoms with Gasteiger partial charge in [-0.05, 0) is 36.6 Å². The van der Waals surface area contributed by atoms with Crippen molar-refractivity contribution in [2.24, 2.45) is 0 Å². The van der Waals surface area contributed by atoms with Gasteiger partial charge in [-0.2, -0.15) is 0 Å². The van der Waals surface area contributed by atoms with Gasteiger partial charge < -0.3 is 9.88 Å². The molecule has 9 heteroatoms. The Morgan fingerprint density at radius 3 is 2.85 bits per heavy atom. The topological polar surface area (TPSA) is 93.1 Å². The summed E-state index contributed by atoms with van der Waals surface area (Å²) in [6.07, 6.45) is 5.18. The number of sulfonamides is 1. The molecular formula is C17H18N4O3S2. The summed E-state index contributed by atoms with van der Waals surface area (Å²) < 4.78 is 29.2. The molecule has 7 nitrogen and oxygen atoms in total. The number of aromatic nitrogens is 2. The largest absolute Gasteiger partial charge is 0.348 e. The molecule has 0 saturated carbocycles. The molecule has 2 aromatic heterocycles. The fraction of sp³-hybridized carbons (Fsp3) is 0.176. The van der Waals surface area contributed by atoms with Crippen molar-refractivity contribution in [2.45, 2.75) is 23.7 Å². The second-order valence-corrected chi connectivity index (χ2v) is 8.61. The van der Waals surface area contributed by atoms with E-state index < -0.39 is 10.0 Å². The molecule has 1 amide bonds. The Bertz CT molecular complexity index is 967. The standard InChI is InChI=1S/C17H18N4O3S2/c1-13(11-21-8-7-18-12-21)19-17(22)14-4-2-5-15(10-14)20-26(23,24)16-6-3-9-25-16/h2-10,12-13,20H,11H2,1H3,(H,19,22)/t13-/m0/s1. The lowest BCUT2D eigenvalue weighted by Crippen LogP contribution is -2.35. The van der Waals surface area contributed by atoms with Crippen LogP contribution < -0.4 is 10.0 Å². The predicted octanol–water partition coefficient (Wildman–Crippen LogP) is 2.56. The highest BCUT2D eigenvalue weighted by atomic mass is 32.2. The first-order valence-electron chi connectivity index (χ1n) is 7.87. The molecule has 0 spiro atoms. The van der Waals surface area contributed by atoms with Crippen LogP contribution in [0, 0.1) is 0 Å². The van der Waals surface area contributed by atoms with E-state index in [0.29, 0.717) is 17.8 Å². The summed E-state index contributed by atoms with van der Waals surface area (Å²) in [5.74, 6) is -0.269. The first-order valence-corrected chi connectivity index (χ1v) is 10.2. The number of hydrogen-bond donors (Lipinski definition) is 2. The molecule has 26 heavy (non-hydrogen) atoms. The number of carbonyl (C=O) groups excluding carboxylic acids is 1. The first-order chi connectivity index (χ1) is 12.4. The molecule has 1 atom stereocenters. The molecule has 0 bridgehead atoms. The second kappa shape index (κ2) is 7.71. The maximum Gasteiger partial charge on any atom is 0.271 e. The lowest BCUT2D eigenvalue weighted by atomic mass is 10.2. The van der Waals surface area contributed by atoms with Gasteiger partial charge in [0.1, 0.15) is 4.21 Å². The maximum atomic E-state index is 12.4. The SMILES string of the molecule is C[C@@H](Cn1ccnc1)NC(=O)c1cccc(NS(=O)(=O)c2cccs2)c1. The number of rotatable bonds is 7. The Morgan fingerprint density at radius 2 is 2.15 bits per heavy atom. The van der Waals surface area contributed by atoms with Crippen LogP contribution in [0.15, 0.2) is 64.7 Å². The first kappa shape index (κ1) is 18.2. The molecule has 2 heterocycles. The van der Waals surface area contributed by atoms with Crippen LogP contribution in [0.2, 0.25) is 0 Å². The zero-order valence-electron chi connectivity index (χ0n) is 14.0. The van der Waals surface area contributed by atoms with Crippen LogP contribution in [-0.4, -0.2) is 29.9 Å². The molecular weight excluding hydrogens is 372 g/mol. The lowest BCUT2D eigenvalue weighted by molar-refractivity contribution is 0.0936. The van der Waals surface area contributed by atoms with Gasteiger partial charge in [0.05, 0.1) is 6.33 Å². The number of hydrogen-bond acceptors (Lipinski definition) is 5. The van der Waals surface area contributed by atoms with Gasteiger partial charge in [-0.1, -0.05) is 12.1 Å². The van der Waals surface area contributed by atoms with Gasteiger partial charge in [0.15, 0.2) is 0 Å². The van der Waals surface area contributed by atoms with E-state index in [1.165, 1.54) is 12.1 Å². The molecule has 1 aromatic carbocycles. The fourth-order valence-corrected chi connectivity index (χ4v) is 4.45. The molecule has 0 fully saturated rings. The van der Waals surface area contributed by atoms with Gasteiger partial charge in [0.25, 0.3) is 15.9 Å². The molecule has 0 aliphatic heterocycles. The van der Waals surface area contributed by atoms with Crippen LogP contribution in [0.1, 0.15) is 17.3 Å². The number of amides is 1. The summed E-state index contributed by atoms with van der Waals surface area (Å²) in [6.45, 7) is 2.48. The quantitative estimate of drug-likeness (QED) is 0.648. The van der Waals surface area contributed by atoms with Crippen LogP contribution in [0.3, 0.4) is 0 Å². The molecule has 0 aliphatic rings. The average molecular weight is 390 g/mol. The van der Waals surface area contributed by atoms with Crippen molar-refractivity contribution in [2.75, 3.05) is 4.72 Å². The Hall–Kier alpha value is -2.65. The Balaban J connectivity index is 1.67. The van der Waals surface area contributed by atoms with Crippen LogP contribution in [0.25, 0.3) is 0 Å². The summed E-state index contributed by atoms with van der Waals surface area (Å²) in [4.78, 5) is 16.4. The minimum absolute atomic E-state index is 0.108. The molecule has 3 rings (SSSR count). The Morgan fingerprint density at radius 1 is 1.31 bits per heavy atom. The molecule has 0 aliphatic carbocycles. The third-order valence-corrected chi connectivity index (χ3v) is 6.34. The zero-order valence-corrected chi connectivity index (χ0v) is 15.6. The summed E-state index contributed by atoms with van der Waals surface area (Å²) in [5.41, 5.74) is 0.724. The van der Waals surface area contributed by atoms with E-state index in [0.717, 1.165) is 11.3 Å². The van der Waals surface area contributed by atoms with E-state index >= 15 is 0 Å². The van der Waals surface area contributed by atoms with E-state index in [1.54, 1.807) is 42.2 Å². The van der Waals surface area contributed by atoms with Gasteiger partial charge in [-0.25, -0.2) is 13.4 Å². The highest BCUT2D eigenvalue weighted by Crippen LogP contribution is 2.20. The number of thiophene rings is 1. The summed E-state index contributed by atoms with van der Waals surface area (Å²) >= 11 is 1.13. The third kappa shape index (κ3) is 4.50. The smallest absolute Gasteiger partial charge is 0.271 e. The van der Waals surface area contributed by atoms with E-state index in [9.17, 15) is 13.2 Å². The van der Waals surface area contributed by atoms with Crippen molar-refractivity contribution >= 4 is 33.0 Å². The molecule has 3 aromatic rings. The minimum atomic E-state index is -3.64. The molecule has 0 radical (unpaired) electrons. The normalized spacial score (nSPS) is 12.5.